The third-order valence-corrected chi connectivity index (χ3v) is 7.52. The molecule has 8 nitrogen and oxygen atoms in total. The second kappa shape index (κ2) is 7.68. The Morgan fingerprint density at radius 1 is 1.17 bits per heavy atom. The predicted octanol–water partition coefficient (Wildman–Crippen LogP) is 2.74. The van der Waals surface area contributed by atoms with Gasteiger partial charge in [0.2, 0.25) is 0 Å². The quantitative estimate of drug-likeness (QED) is 0.418. The molecule has 6 rings (SSSR count). The molecule has 4 aliphatic heterocycles. The highest BCUT2D eigenvalue weighted by Crippen LogP contribution is 2.53. The van der Waals surface area contributed by atoms with Gasteiger partial charge in [0.05, 0.1) is 11.7 Å². The number of amides is 2. The first-order valence-electron chi connectivity index (χ1n) is 11.9. The van der Waals surface area contributed by atoms with Crippen molar-refractivity contribution in [3.63, 3.8) is 0 Å². The number of carbonyl (C=O) groups excluding carboxylic acids is 3. The van der Waals surface area contributed by atoms with E-state index in [9.17, 15) is 19.5 Å². The van der Waals surface area contributed by atoms with Gasteiger partial charge in [0, 0.05) is 43.4 Å². The predicted molar refractivity (Wildman–Crippen MR) is 127 cm³/mol. The van der Waals surface area contributed by atoms with E-state index in [0.717, 1.165) is 24.2 Å². The topological polar surface area (TPSA) is 96.4 Å². The van der Waals surface area contributed by atoms with Gasteiger partial charge in [-0.15, -0.1) is 0 Å². The summed E-state index contributed by atoms with van der Waals surface area (Å²) in [5, 5.41) is 11.6. The number of ketones is 1. The Morgan fingerprint density at radius 3 is 2.74 bits per heavy atom. The van der Waals surface area contributed by atoms with Crippen molar-refractivity contribution < 1.29 is 29.0 Å². The monoisotopic (exact) mass is 474 g/mol. The highest BCUT2D eigenvalue weighted by Gasteiger charge is 2.67. The van der Waals surface area contributed by atoms with Gasteiger partial charge in [0.15, 0.2) is 5.54 Å². The Bertz CT molecular complexity index is 1310. The smallest absolute Gasteiger partial charge is 0.296 e. The summed E-state index contributed by atoms with van der Waals surface area (Å²) in [6.45, 7) is 2.62. The molecule has 2 aromatic carbocycles. The molecule has 2 amide bonds. The SMILES string of the molecule is C[C@@H]1Cc2cc(C(O)=C3C(=O)C(=O)N(C[C@@H]4CCCO4)[C@@]34C(=O)N(C)c3ccccc34)ccc2O1. The summed E-state index contributed by atoms with van der Waals surface area (Å²) in [4.78, 5) is 43.8. The molecule has 4 heterocycles. The summed E-state index contributed by atoms with van der Waals surface area (Å²) < 4.78 is 11.5. The summed E-state index contributed by atoms with van der Waals surface area (Å²) in [6, 6.07) is 12.3. The summed E-state index contributed by atoms with van der Waals surface area (Å²) in [5.41, 5.74) is 0.422. The fourth-order valence-electron chi connectivity index (χ4n) is 5.93. The van der Waals surface area contributed by atoms with E-state index in [1.165, 1.54) is 9.80 Å². The number of benzene rings is 2. The average molecular weight is 475 g/mol. The van der Waals surface area contributed by atoms with Crippen molar-refractivity contribution in [3.8, 4) is 5.75 Å². The molecule has 2 aromatic rings. The molecule has 8 heteroatoms. The largest absolute Gasteiger partial charge is 0.507 e. The number of aliphatic hydroxyl groups excluding tert-OH is 1. The van der Waals surface area contributed by atoms with Crippen LogP contribution in [0.4, 0.5) is 5.69 Å². The van der Waals surface area contributed by atoms with Crippen LogP contribution >= 0.6 is 0 Å². The van der Waals surface area contributed by atoms with Gasteiger partial charge in [0.1, 0.15) is 17.6 Å². The zero-order valence-electron chi connectivity index (χ0n) is 19.6. The Morgan fingerprint density at radius 2 is 1.97 bits per heavy atom. The van der Waals surface area contributed by atoms with Gasteiger partial charge in [-0.1, -0.05) is 18.2 Å². The Hall–Kier alpha value is -3.65. The van der Waals surface area contributed by atoms with Crippen LogP contribution in [0.25, 0.3) is 5.76 Å². The van der Waals surface area contributed by atoms with Crippen LogP contribution in [-0.4, -0.2) is 60.0 Å². The number of likely N-dealkylation sites (N-methyl/N-ethyl adjacent to an activating group) is 1. The van der Waals surface area contributed by atoms with E-state index < -0.39 is 23.1 Å². The van der Waals surface area contributed by atoms with Gasteiger partial charge in [0.25, 0.3) is 17.6 Å². The lowest BCUT2D eigenvalue weighted by atomic mass is 9.81. The fourth-order valence-corrected chi connectivity index (χ4v) is 5.93. The lowest BCUT2D eigenvalue weighted by Crippen LogP contribution is -2.53. The molecule has 2 saturated heterocycles. The number of carbonyl (C=O) groups is 3. The van der Waals surface area contributed by atoms with E-state index in [1.807, 2.05) is 6.92 Å². The van der Waals surface area contributed by atoms with Crippen molar-refractivity contribution in [1.29, 1.82) is 0 Å². The fraction of sp³-hybridized carbons (Fsp3) is 0.370. The van der Waals surface area contributed by atoms with Crippen molar-refractivity contribution in [2.45, 2.75) is 43.9 Å². The zero-order chi connectivity index (χ0) is 24.5. The van der Waals surface area contributed by atoms with Gasteiger partial charge < -0.3 is 24.4 Å². The van der Waals surface area contributed by atoms with Crippen LogP contribution in [0.15, 0.2) is 48.0 Å². The second-order valence-corrected chi connectivity index (χ2v) is 9.65. The third kappa shape index (κ3) is 2.92. The molecule has 1 spiro atoms. The van der Waals surface area contributed by atoms with E-state index >= 15 is 0 Å². The number of ether oxygens (including phenoxy) is 2. The third-order valence-electron chi connectivity index (χ3n) is 7.52. The maximum atomic E-state index is 14.0. The lowest BCUT2D eigenvalue weighted by Gasteiger charge is -2.35. The lowest BCUT2D eigenvalue weighted by molar-refractivity contribution is -0.145. The summed E-state index contributed by atoms with van der Waals surface area (Å²) >= 11 is 0. The summed E-state index contributed by atoms with van der Waals surface area (Å²) in [7, 11) is 1.62. The molecular weight excluding hydrogens is 448 g/mol. The number of aliphatic hydroxyl groups is 1. The standard InChI is InChI=1S/C27H26N2O6/c1-15-12-17-13-16(9-10-21(17)35-15)23(30)22-24(31)25(32)29(14-18-6-5-11-34-18)27(22)19-7-3-4-8-20(19)28(2)26(27)33/h3-4,7-10,13,15,18,30H,5-6,11-12,14H2,1-2H3/t15-,18+,27-/m1/s1. The average Bonchev–Trinajstić information content (AvgIpc) is 3.59. The Balaban J connectivity index is 1.59. The van der Waals surface area contributed by atoms with Gasteiger partial charge in [-0.05, 0) is 49.6 Å². The first kappa shape index (κ1) is 21.9. The number of anilines is 1. The van der Waals surface area contributed by atoms with Crippen LogP contribution in [0, 0.1) is 0 Å². The molecule has 0 radical (unpaired) electrons. The van der Waals surface area contributed by atoms with E-state index in [1.54, 1.807) is 49.5 Å². The maximum absolute atomic E-state index is 14.0. The van der Waals surface area contributed by atoms with Crippen LogP contribution in [0.5, 0.6) is 5.75 Å². The highest BCUT2D eigenvalue weighted by atomic mass is 16.5. The molecule has 180 valence electrons. The van der Waals surface area contributed by atoms with E-state index in [0.29, 0.717) is 29.8 Å². The van der Waals surface area contributed by atoms with Crippen molar-refractivity contribution >= 4 is 29.0 Å². The van der Waals surface area contributed by atoms with Gasteiger partial charge in [-0.2, -0.15) is 0 Å². The van der Waals surface area contributed by atoms with E-state index in [-0.39, 0.29) is 30.1 Å². The highest BCUT2D eigenvalue weighted by molar-refractivity contribution is 6.50. The number of para-hydroxylation sites is 1. The zero-order valence-corrected chi connectivity index (χ0v) is 19.6. The molecule has 2 fully saturated rings. The van der Waals surface area contributed by atoms with Gasteiger partial charge in [-0.3, -0.25) is 14.4 Å². The first-order chi connectivity index (χ1) is 16.8. The number of nitrogens with zero attached hydrogens (tertiary/aromatic N) is 2. The van der Waals surface area contributed by atoms with Gasteiger partial charge >= 0.3 is 0 Å². The molecule has 0 unspecified atom stereocenters. The van der Waals surface area contributed by atoms with Gasteiger partial charge in [-0.25, -0.2) is 0 Å². The van der Waals surface area contributed by atoms with Crippen molar-refractivity contribution in [2.24, 2.45) is 0 Å². The van der Waals surface area contributed by atoms with Crippen LogP contribution in [-0.2, 0) is 31.1 Å². The Kier molecular flexibility index (Phi) is 4.79. The first-order valence-corrected chi connectivity index (χ1v) is 11.9. The summed E-state index contributed by atoms with van der Waals surface area (Å²) in [5.74, 6) is -1.76. The molecule has 3 atom stereocenters. The number of Topliss-reactive ketones (excluding diaryl/α,β-unsaturated/α-hetero) is 1. The van der Waals surface area contributed by atoms with Crippen LogP contribution in [0.2, 0.25) is 0 Å². The van der Waals surface area contributed by atoms with Crippen LogP contribution in [0.1, 0.15) is 36.5 Å². The minimum Gasteiger partial charge on any atom is -0.507 e. The Labute approximate surface area is 202 Å². The molecule has 0 aliphatic carbocycles. The molecule has 0 saturated carbocycles. The van der Waals surface area contributed by atoms with Crippen molar-refractivity contribution in [1.82, 2.24) is 4.90 Å². The normalized spacial score (nSPS) is 28.7. The molecule has 4 aliphatic rings. The number of fused-ring (bicyclic) bond motifs is 3. The van der Waals surface area contributed by atoms with Crippen molar-refractivity contribution in [2.75, 3.05) is 25.1 Å². The number of hydrogen-bond donors (Lipinski definition) is 1. The number of hydrogen-bond acceptors (Lipinski definition) is 6. The van der Waals surface area contributed by atoms with E-state index in [4.69, 9.17) is 9.47 Å². The number of rotatable bonds is 3. The van der Waals surface area contributed by atoms with Crippen LogP contribution < -0.4 is 9.64 Å². The molecule has 0 bridgehead atoms. The minimum absolute atomic E-state index is 0.00918. The van der Waals surface area contributed by atoms with Crippen LogP contribution in [0.3, 0.4) is 0 Å². The minimum atomic E-state index is -1.75. The number of likely N-dealkylation sites (tertiary alicyclic amines) is 1. The molecule has 1 N–H and O–H groups in total. The maximum Gasteiger partial charge on any atom is 0.296 e. The molecular formula is C27H26N2O6. The second-order valence-electron chi connectivity index (χ2n) is 9.65. The summed E-state index contributed by atoms with van der Waals surface area (Å²) in [6.07, 6.45) is 1.97. The molecule has 35 heavy (non-hydrogen) atoms. The van der Waals surface area contributed by atoms with E-state index in [2.05, 4.69) is 0 Å². The van der Waals surface area contributed by atoms with Crippen molar-refractivity contribution in [3.05, 3.63) is 64.7 Å². The molecule has 0 aromatic heterocycles.